The van der Waals surface area contributed by atoms with Crippen LogP contribution in [0.5, 0.6) is 0 Å². The van der Waals surface area contributed by atoms with E-state index < -0.39 is 22.0 Å². The predicted molar refractivity (Wildman–Crippen MR) is 86.1 cm³/mol. The summed E-state index contributed by atoms with van der Waals surface area (Å²) in [5.41, 5.74) is 1.07. The molecule has 1 saturated heterocycles. The Labute approximate surface area is 136 Å². The molecule has 23 heavy (non-hydrogen) atoms. The number of likely N-dealkylation sites (N-methyl/N-ethyl adjacent to an activating group) is 1. The summed E-state index contributed by atoms with van der Waals surface area (Å²) in [5, 5.41) is 0. The predicted octanol–water partition coefficient (Wildman–Crippen LogP) is 1.31. The molecule has 1 N–H and O–H groups in total. The number of carbonyl (C=O) groups excluding carboxylic acids is 2. The van der Waals surface area contributed by atoms with E-state index >= 15 is 0 Å². The Morgan fingerprint density at radius 1 is 1.22 bits per heavy atom. The summed E-state index contributed by atoms with van der Waals surface area (Å²) in [6.45, 7) is 4.28. The lowest BCUT2D eigenvalue weighted by Crippen LogP contribution is -2.40. The summed E-state index contributed by atoms with van der Waals surface area (Å²) in [5.74, 6) is -0.318. The van der Waals surface area contributed by atoms with E-state index in [0.717, 1.165) is 23.3 Å². The molecule has 1 aliphatic rings. The summed E-state index contributed by atoms with van der Waals surface area (Å²) < 4.78 is 27.0. The van der Waals surface area contributed by atoms with Crippen LogP contribution < -0.4 is 4.72 Å². The zero-order valence-electron chi connectivity index (χ0n) is 13.6. The Kier molecular flexibility index (Phi) is 5.21. The van der Waals surface area contributed by atoms with Crippen LogP contribution in [0.25, 0.3) is 0 Å². The lowest BCUT2D eigenvalue weighted by molar-refractivity contribution is -0.137. The Morgan fingerprint density at radius 2 is 1.83 bits per heavy atom. The first kappa shape index (κ1) is 17.6. The van der Waals surface area contributed by atoms with Crippen LogP contribution in [-0.2, 0) is 26.0 Å². The number of carbonyl (C=O) groups is 2. The maximum Gasteiger partial charge on any atom is 0.247 e. The number of amides is 2. The fourth-order valence-corrected chi connectivity index (χ4v) is 3.58. The van der Waals surface area contributed by atoms with Gasteiger partial charge in [-0.1, -0.05) is 26.0 Å². The molecule has 7 heteroatoms. The number of nitrogens with zero attached hydrogens (tertiary/aromatic N) is 1. The molecule has 1 aromatic carbocycles. The molecule has 126 valence electrons. The minimum atomic E-state index is -3.82. The number of likely N-dealkylation sites (tertiary alicyclic amines) is 1. The van der Waals surface area contributed by atoms with Gasteiger partial charge in [0.1, 0.15) is 6.04 Å². The van der Waals surface area contributed by atoms with Gasteiger partial charge in [-0.3, -0.25) is 14.5 Å². The molecular formula is C16H22N2O4S. The van der Waals surface area contributed by atoms with Crippen molar-refractivity contribution in [3.05, 3.63) is 29.8 Å². The number of benzene rings is 1. The van der Waals surface area contributed by atoms with Gasteiger partial charge in [-0.2, -0.15) is 4.72 Å². The molecule has 2 amide bonds. The van der Waals surface area contributed by atoms with Crippen LogP contribution in [0.1, 0.15) is 32.3 Å². The van der Waals surface area contributed by atoms with Gasteiger partial charge in [0.25, 0.3) is 0 Å². The molecule has 1 fully saturated rings. The quantitative estimate of drug-likeness (QED) is 0.793. The molecule has 0 aromatic heterocycles. The first-order chi connectivity index (χ1) is 10.7. The minimum Gasteiger partial charge on any atom is -0.284 e. The van der Waals surface area contributed by atoms with Gasteiger partial charge in [0.15, 0.2) is 0 Å². The van der Waals surface area contributed by atoms with Crippen molar-refractivity contribution in [2.24, 2.45) is 5.92 Å². The number of rotatable bonds is 6. The smallest absolute Gasteiger partial charge is 0.247 e. The van der Waals surface area contributed by atoms with E-state index in [-0.39, 0.29) is 17.2 Å². The summed E-state index contributed by atoms with van der Waals surface area (Å²) >= 11 is 0. The molecule has 1 aliphatic heterocycles. The third-order valence-electron chi connectivity index (χ3n) is 3.92. The molecule has 1 unspecified atom stereocenters. The summed E-state index contributed by atoms with van der Waals surface area (Å²) in [7, 11) is -2.47. The highest BCUT2D eigenvalue weighted by atomic mass is 32.2. The van der Waals surface area contributed by atoms with Gasteiger partial charge in [0.2, 0.25) is 21.8 Å². The number of hydrogen-bond donors (Lipinski definition) is 1. The Balaban J connectivity index is 2.08. The van der Waals surface area contributed by atoms with Crippen LogP contribution in [0.3, 0.4) is 0 Å². The SMILES string of the molecule is CC(C)CCc1ccc(S(=O)(=O)NC2CC(=O)N(C)C2=O)cc1. The van der Waals surface area contributed by atoms with Gasteiger partial charge < -0.3 is 0 Å². The number of hydrogen-bond acceptors (Lipinski definition) is 4. The van der Waals surface area contributed by atoms with Crippen LogP contribution in [0.15, 0.2) is 29.2 Å². The number of aryl methyl sites for hydroxylation is 1. The minimum absolute atomic E-state index is 0.0978. The van der Waals surface area contributed by atoms with Gasteiger partial charge in [-0.25, -0.2) is 8.42 Å². The van der Waals surface area contributed by atoms with E-state index in [1.165, 1.54) is 19.2 Å². The Morgan fingerprint density at radius 3 is 2.30 bits per heavy atom. The molecule has 1 aromatic rings. The summed E-state index contributed by atoms with van der Waals surface area (Å²) in [6.07, 6.45) is 1.79. The molecular weight excluding hydrogens is 316 g/mol. The maximum atomic E-state index is 12.3. The number of imide groups is 1. The van der Waals surface area contributed by atoms with Crippen molar-refractivity contribution >= 4 is 21.8 Å². The van der Waals surface area contributed by atoms with Crippen LogP contribution >= 0.6 is 0 Å². The van der Waals surface area contributed by atoms with Gasteiger partial charge in [0.05, 0.1) is 11.3 Å². The van der Waals surface area contributed by atoms with E-state index in [0.29, 0.717) is 5.92 Å². The van der Waals surface area contributed by atoms with Crippen molar-refractivity contribution < 1.29 is 18.0 Å². The van der Waals surface area contributed by atoms with Crippen molar-refractivity contribution in [2.45, 2.75) is 44.0 Å². The topological polar surface area (TPSA) is 83.6 Å². The highest BCUT2D eigenvalue weighted by Gasteiger charge is 2.38. The fourth-order valence-electron chi connectivity index (χ4n) is 2.39. The third-order valence-corrected chi connectivity index (χ3v) is 5.41. The maximum absolute atomic E-state index is 12.3. The van der Waals surface area contributed by atoms with Crippen LogP contribution in [0.2, 0.25) is 0 Å². The molecule has 0 saturated carbocycles. The van der Waals surface area contributed by atoms with Gasteiger partial charge in [0, 0.05) is 7.05 Å². The molecule has 0 radical (unpaired) electrons. The molecule has 6 nitrogen and oxygen atoms in total. The second-order valence-electron chi connectivity index (χ2n) is 6.25. The van der Waals surface area contributed by atoms with E-state index in [2.05, 4.69) is 18.6 Å². The van der Waals surface area contributed by atoms with Gasteiger partial charge in [-0.05, 0) is 36.5 Å². The monoisotopic (exact) mass is 338 g/mol. The lowest BCUT2D eigenvalue weighted by atomic mass is 10.0. The zero-order chi connectivity index (χ0) is 17.2. The summed E-state index contributed by atoms with van der Waals surface area (Å²) in [4.78, 5) is 24.3. The van der Waals surface area contributed by atoms with Crippen molar-refractivity contribution in [1.29, 1.82) is 0 Å². The van der Waals surface area contributed by atoms with Gasteiger partial charge >= 0.3 is 0 Å². The van der Waals surface area contributed by atoms with Crippen molar-refractivity contribution in [3.8, 4) is 0 Å². The van der Waals surface area contributed by atoms with Gasteiger partial charge in [-0.15, -0.1) is 0 Å². The summed E-state index contributed by atoms with van der Waals surface area (Å²) in [6, 6.07) is 5.61. The average molecular weight is 338 g/mol. The van der Waals surface area contributed by atoms with Crippen molar-refractivity contribution in [2.75, 3.05) is 7.05 Å². The van der Waals surface area contributed by atoms with Crippen LogP contribution in [-0.4, -0.2) is 38.2 Å². The standard InChI is InChI=1S/C16H22N2O4S/c1-11(2)4-5-12-6-8-13(9-7-12)23(21,22)17-14-10-15(19)18(3)16(14)20/h6-9,11,14,17H,4-5,10H2,1-3H3. The highest BCUT2D eigenvalue weighted by Crippen LogP contribution is 2.17. The fraction of sp³-hybridized carbons (Fsp3) is 0.500. The second-order valence-corrected chi connectivity index (χ2v) is 7.96. The second kappa shape index (κ2) is 6.80. The molecule has 0 aliphatic carbocycles. The number of sulfonamides is 1. The van der Waals surface area contributed by atoms with Crippen molar-refractivity contribution in [1.82, 2.24) is 9.62 Å². The lowest BCUT2D eigenvalue weighted by Gasteiger charge is -2.12. The molecule has 0 bridgehead atoms. The molecule has 1 heterocycles. The third kappa shape index (κ3) is 4.17. The van der Waals surface area contributed by atoms with Crippen molar-refractivity contribution in [3.63, 3.8) is 0 Å². The van der Waals surface area contributed by atoms with E-state index in [9.17, 15) is 18.0 Å². The number of nitrogens with one attached hydrogen (secondary N) is 1. The normalized spacial score (nSPS) is 19.0. The molecule has 2 rings (SSSR count). The van der Waals surface area contributed by atoms with E-state index in [4.69, 9.17) is 0 Å². The zero-order valence-corrected chi connectivity index (χ0v) is 14.4. The van der Waals surface area contributed by atoms with E-state index in [1.54, 1.807) is 12.1 Å². The Hall–Kier alpha value is -1.73. The molecule has 0 spiro atoms. The van der Waals surface area contributed by atoms with Crippen LogP contribution in [0.4, 0.5) is 0 Å². The van der Waals surface area contributed by atoms with E-state index in [1.807, 2.05) is 0 Å². The highest BCUT2D eigenvalue weighted by molar-refractivity contribution is 7.89. The average Bonchev–Trinajstić information content (AvgIpc) is 2.72. The first-order valence-electron chi connectivity index (χ1n) is 7.62. The largest absolute Gasteiger partial charge is 0.284 e. The van der Waals surface area contributed by atoms with Crippen LogP contribution in [0, 0.1) is 5.92 Å². The first-order valence-corrected chi connectivity index (χ1v) is 9.10. The Bertz CT molecular complexity index is 695. The molecule has 1 atom stereocenters.